The van der Waals surface area contributed by atoms with Crippen LogP contribution in [0, 0.1) is 5.82 Å². The predicted molar refractivity (Wildman–Crippen MR) is 75.7 cm³/mol. The Labute approximate surface area is 121 Å². The average molecular weight is 314 g/mol. The number of sulfonamides is 1. The minimum absolute atomic E-state index is 0.160. The number of rotatable bonds is 6. The maximum atomic E-state index is 13.6. The fourth-order valence-corrected chi connectivity index (χ4v) is 2.80. The maximum Gasteiger partial charge on any atom is 0.264 e. The van der Waals surface area contributed by atoms with E-state index in [1.807, 2.05) is 0 Å². The molecule has 2 aromatic rings. The van der Waals surface area contributed by atoms with Crippen molar-refractivity contribution in [1.29, 1.82) is 0 Å². The van der Waals surface area contributed by atoms with Crippen molar-refractivity contribution in [1.82, 2.24) is 9.78 Å². The van der Waals surface area contributed by atoms with Gasteiger partial charge in [-0.2, -0.15) is 5.10 Å². The summed E-state index contributed by atoms with van der Waals surface area (Å²) in [6.45, 7) is 0.919. The van der Waals surface area contributed by atoms with Crippen LogP contribution in [0.5, 0.6) is 0 Å². The van der Waals surface area contributed by atoms with E-state index >= 15 is 0 Å². The Morgan fingerprint density at radius 1 is 1.48 bits per heavy atom. The zero-order valence-corrected chi connectivity index (χ0v) is 12.1. The topological polar surface area (TPSA) is 99.2 Å². The molecule has 9 heteroatoms. The smallest absolute Gasteiger partial charge is 0.264 e. The van der Waals surface area contributed by atoms with Crippen LogP contribution in [0.4, 0.5) is 15.8 Å². The number of nitrogens with one attached hydrogen (secondary N) is 1. The molecule has 0 aliphatic carbocycles. The Balaban J connectivity index is 2.21. The molecule has 0 saturated heterocycles. The highest BCUT2D eigenvalue weighted by Gasteiger charge is 2.20. The summed E-state index contributed by atoms with van der Waals surface area (Å²) in [5, 5.41) is 3.96. The van der Waals surface area contributed by atoms with Gasteiger partial charge in [0.05, 0.1) is 25.0 Å². The Morgan fingerprint density at radius 2 is 2.24 bits per heavy atom. The molecule has 2 rings (SSSR count). The number of nitrogens with zero attached hydrogens (tertiary/aromatic N) is 2. The van der Waals surface area contributed by atoms with Crippen LogP contribution < -0.4 is 10.5 Å². The van der Waals surface area contributed by atoms with Gasteiger partial charge in [0.1, 0.15) is 10.7 Å². The molecule has 0 amide bonds. The SMILES string of the molecule is COCCn1cc(NS(=O)(=O)c2cc(N)ccc2F)cn1. The molecule has 7 nitrogen and oxygen atoms in total. The van der Waals surface area contributed by atoms with Crippen LogP contribution in [0.25, 0.3) is 0 Å². The quantitative estimate of drug-likeness (QED) is 0.777. The predicted octanol–water partition coefficient (Wildman–Crippen LogP) is 1.05. The number of methoxy groups -OCH3 is 1. The van der Waals surface area contributed by atoms with Gasteiger partial charge in [0.15, 0.2) is 0 Å². The number of hydrogen-bond acceptors (Lipinski definition) is 5. The van der Waals surface area contributed by atoms with Gasteiger partial charge in [0, 0.05) is 19.0 Å². The first-order valence-corrected chi connectivity index (χ1v) is 7.50. The van der Waals surface area contributed by atoms with Gasteiger partial charge in [-0.25, -0.2) is 12.8 Å². The lowest BCUT2D eigenvalue weighted by atomic mass is 10.3. The van der Waals surface area contributed by atoms with Crippen LogP contribution in [-0.4, -0.2) is 31.9 Å². The second-order valence-corrected chi connectivity index (χ2v) is 5.93. The summed E-state index contributed by atoms with van der Waals surface area (Å²) in [5.41, 5.74) is 5.88. The highest BCUT2D eigenvalue weighted by Crippen LogP contribution is 2.20. The highest BCUT2D eigenvalue weighted by atomic mass is 32.2. The molecule has 0 bridgehead atoms. The van der Waals surface area contributed by atoms with Crippen LogP contribution in [0.3, 0.4) is 0 Å². The molecule has 114 valence electrons. The second-order valence-electron chi connectivity index (χ2n) is 4.28. The number of halogens is 1. The van der Waals surface area contributed by atoms with Crippen LogP contribution in [0.2, 0.25) is 0 Å². The normalized spacial score (nSPS) is 11.5. The minimum atomic E-state index is -4.06. The summed E-state index contributed by atoms with van der Waals surface area (Å²) in [4.78, 5) is -0.507. The number of benzene rings is 1. The van der Waals surface area contributed by atoms with E-state index in [-0.39, 0.29) is 11.4 Å². The van der Waals surface area contributed by atoms with Crippen LogP contribution in [0.1, 0.15) is 0 Å². The number of hydrogen-bond donors (Lipinski definition) is 2. The van der Waals surface area contributed by atoms with Crippen molar-refractivity contribution >= 4 is 21.4 Å². The number of nitrogens with two attached hydrogens (primary N) is 1. The van der Waals surface area contributed by atoms with E-state index in [0.717, 1.165) is 12.1 Å². The van der Waals surface area contributed by atoms with Crippen molar-refractivity contribution in [2.24, 2.45) is 0 Å². The highest BCUT2D eigenvalue weighted by molar-refractivity contribution is 7.92. The molecule has 0 aliphatic rings. The third-order valence-corrected chi connectivity index (χ3v) is 4.05. The molecule has 1 aromatic heterocycles. The molecule has 0 unspecified atom stereocenters. The van der Waals surface area contributed by atoms with Gasteiger partial charge in [-0.05, 0) is 18.2 Å². The minimum Gasteiger partial charge on any atom is -0.399 e. The van der Waals surface area contributed by atoms with Crippen molar-refractivity contribution in [3.8, 4) is 0 Å². The van der Waals surface area contributed by atoms with Gasteiger partial charge in [0.2, 0.25) is 0 Å². The van der Waals surface area contributed by atoms with E-state index in [4.69, 9.17) is 10.5 Å². The maximum absolute atomic E-state index is 13.6. The summed E-state index contributed by atoms with van der Waals surface area (Å²) < 4.78 is 46.5. The Bertz CT molecular complexity index is 730. The van der Waals surface area contributed by atoms with Crippen molar-refractivity contribution in [2.75, 3.05) is 24.2 Å². The summed E-state index contributed by atoms with van der Waals surface area (Å²) in [6, 6.07) is 3.36. The Hall–Kier alpha value is -2.13. The molecule has 1 heterocycles. The molecule has 21 heavy (non-hydrogen) atoms. The monoisotopic (exact) mass is 314 g/mol. The van der Waals surface area contributed by atoms with Crippen molar-refractivity contribution in [3.63, 3.8) is 0 Å². The Kier molecular flexibility index (Phi) is 4.43. The zero-order valence-electron chi connectivity index (χ0n) is 11.3. The molecule has 0 radical (unpaired) electrons. The van der Waals surface area contributed by atoms with E-state index in [9.17, 15) is 12.8 Å². The van der Waals surface area contributed by atoms with Crippen LogP contribution in [0.15, 0.2) is 35.5 Å². The van der Waals surface area contributed by atoms with Crippen LogP contribution in [-0.2, 0) is 21.3 Å². The van der Waals surface area contributed by atoms with E-state index in [1.54, 1.807) is 7.11 Å². The third-order valence-electron chi connectivity index (χ3n) is 2.65. The molecule has 0 atom stereocenters. The van der Waals surface area contributed by atoms with Gasteiger partial charge < -0.3 is 10.5 Å². The lowest BCUT2D eigenvalue weighted by molar-refractivity contribution is 0.183. The number of anilines is 2. The van der Waals surface area contributed by atoms with Gasteiger partial charge >= 0.3 is 0 Å². The van der Waals surface area contributed by atoms with E-state index in [1.165, 1.54) is 23.1 Å². The van der Waals surface area contributed by atoms with E-state index < -0.39 is 20.7 Å². The number of aromatic nitrogens is 2. The van der Waals surface area contributed by atoms with Gasteiger partial charge in [-0.15, -0.1) is 0 Å². The first-order chi connectivity index (χ1) is 9.92. The lowest BCUT2D eigenvalue weighted by Crippen LogP contribution is -2.14. The average Bonchev–Trinajstić information content (AvgIpc) is 2.86. The fourth-order valence-electron chi connectivity index (χ4n) is 1.66. The molecular weight excluding hydrogens is 299 g/mol. The van der Waals surface area contributed by atoms with Crippen molar-refractivity contribution in [3.05, 3.63) is 36.4 Å². The Morgan fingerprint density at radius 3 is 2.95 bits per heavy atom. The summed E-state index contributed by atoms with van der Waals surface area (Å²) in [5.74, 6) is -0.872. The van der Waals surface area contributed by atoms with Gasteiger partial charge in [0.25, 0.3) is 10.0 Å². The molecule has 0 fully saturated rings. The molecule has 3 N–H and O–H groups in total. The van der Waals surface area contributed by atoms with Crippen molar-refractivity contribution in [2.45, 2.75) is 11.4 Å². The molecule has 0 saturated carbocycles. The molecule has 0 spiro atoms. The number of ether oxygens (including phenoxy) is 1. The van der Waals surface area contributed by atoms with Gasteiger partial charge in [-0.1, -0.05) is 0 Å². The van der Waals surface area contributed by atoms with E-state index in [2.05, 4.69) is 9.82 Å². The first kappa shape index (κ1) is 15.3. The van der Waals surface area contributed by atoms with E-state index in [0.29, 0.717) is 13.2 Å². The fraction of sp³-hybridized carbons (Fsp3) is 0.250. The zero-order chi connectivity index (χ0) is 15.5. The standard InChI is InChI=1S/C12H15FN4O3S/c1-20-5-4-17-8-10(7-15-17)16-21(18,19)12-6-9(14)2-3-11(12)13/h2-3,6-8,16H,4-5,14H2,1H3. The summed E-state index contributed by atoms with van der Waals surface area (Å²) in [6.07, 6.45) is 2.82. The third kappa shape index (κ3) is 3.70. The molecule has 0 aliphatic heterocycles. The largest absolute Gasteiger partial charge is 0.399 e. The molecule has 1 aromatic carbocycles. The second kappa shape index (κ2) is 6.10. The van der Waals surface area contributed by atoms with Crippen LogP contribution >= 0.6 is 0 Å². The van der Waals surface area contributed by atoms with Gasteiger partial charge in [-0.3, -0.25) is 9.40 Å². The summed E-state index contributed by atoms with van der Waals surface area (Å²) >= 11 is 0. The first-order valence-electron chi connectivity index (χ1n) is 6.01. The number of nitrogen functional groups attached to an aromatic ring is 1. The van der Waals surface area contributed by atoms with Crippen molar-refractivity contribution < 1.29 is 17.5 Å². The lowest BCUT2D eigenvalue weighted by Gasteiger charge is -2.07. The molecular formula is C12H15FN4O3S. The summed E-state index contributed by atoms with van der Waals surface area (Å²) in [7, 11) is -2.51.